The Hall–Kier alpha value is 0.170. The summed E-state index contributed by atoms with van der Waals surface area (Å²) in [6.07, 6.45) is 6.38. The molecule has 0 radical (unpaired) electrons. The van der Waals surface area contributed by atoms with E-state index in [9.17, 15) is 5.11 Å². The first-order valence-electron chi connectivity index (χ1n) is 9.35. The van der Waals surface area contributed by atoms with Gasteiger partial charge in [-0.2, -0.15) is 0 Å². The number of rotatable bonds is 5. The van der Waals surface area contributed by atoms with Gasteiger partial charge in [0.1, 0.15) is 0 Å². The number of aliphatic hydroxyl groups excluding tert-OH is 1. The number of halogens is 1. The van der Waals surface area contributed by atoms with Gasteiger partial charge in [0, 0.05) is 6.54 Å². The molecule has 1 heterocycles. The highest BCUT2D eigenvalue weighted by Gasteiger charge is 2.61. The van der Waals surface area contributed by atoms with Gasteiger partial charge in [0.2, 0.25) is 0 Å². The van der Waals surface area contributed by atoms with Crippen molar-refractivity contribution >= 4 is 12.4 Å². The first kappa shape index (κ1) is 19.5. The fraction of sp³-hybridized carbons (Fsp3) is 1.00. The Morgan fingerprint density at radius 1 is 1.17 bits per heavy atom. The van der Waals surface area contributed by atoms with Gasteiger partial charge in [-0.05, 0) is 67.9 Å². The van der Waals surface area contributed by atoms with Crippen molar-refractivity contribution in [2.45, 2.75) is 72.0 Å². The number of hydrogen-bond acceptors (Lipinski definition) is 3. The summed E-state index contributed by atoms with van der Waals surface area (Å²) in [6, 6.07) is 0. The van der Waals surface area contributed by atoms with Crippen molar-refractivity contribution in [3.8, 4) is 0 Å². The quantitative estimate of drug-likeness (QED) is 0.824. The average Bonchev–Trinajstić information content (AvgIpc) is 2.80. The van der Waals surface area contributed by atoms with Crippen LogP contribution in [0.25, 0.3) is 0 Å². The van der Waals surface area contributed by atoms with E-state index in [1.807, 2.05) is 0 Å². The van der Waals surface area contributed by atoms with E-state index in [2.05, 4.69) is 32.6 Å². The lowest BCUT2D eigenvalue weighted by Crippen LogP contribution is -2.42. The van der Waals surface area contributed by atoms with E-state index in [-0.39, 0.29) is 18.5 Å². The molecule has 0 aromatic heterocycles. The van der Waals surface area contributed by atoms with Crippen molar-refractivity contribution in [2.24, 2.45) is 22.7 Å². The predicted molar refractivity (Wildman–Crippen MR) is 97.1 cm³/mol. The minimum atomic E-state index is -0.334. The summed E-state index contributed by atoms with van der Waals surface area (Å²) in [5.74, 6) is 1.66. The van der Waals surface area contributed by atoms with Crippen molar-refractivity contribution in [1.82, 2.24) is 4.90 Å². The molecular weight excluding hydrogens is 310 g/mol. The minimum absolute atomic E-state index is 0. The molecule has 23 heavy (non-hydrogen) atoms. The van der Waals surface area contributed by atoms with Crippen molar-refractivity contribution in [2.75, 3.05) is 26.2 Å². The van der Waals surface area contributed by atoms with Crippen molar-refractivity contribution in [3.05, 3.63) is 0 Å². The second-order valence-corrected chi connectivity index (χ2v) is 9.07. The highest BCUT2D eigenvalue weighted by Crippen LogP contribution is 2.66. The highest BCUT2D eigenvalue weighted by molar-refractivity contribution is 5.85. The second kappa shape index (κ2) is 7.19. The van der Waals surface area contributed by atoms with Crippen LogP contribution >= 0.6 is 12.4 Å². The lowest BCUT2D eigenvalue weighted by atomic mass is 9.70. The van der Waals surface area contributed by atoms with Crippen LogP contribution in [0.15, 0.2) is 0 Å². The molecule has 3 rings (SSSR count). The first-order valence-corrected chi connectivity index (χ1v) is 9.35. The van der Waals surface area contributed by atoms with Crippen LogP contribution in [0.3, 0.4) is 0 Å². The van der Waals surface area contributed by atoms with Crippen LogP contribution in [0.4, 0.5) is 0 Å². The number of hydrogen-bond donors (Lipinski definition) is 1. The molecule has 4 unspecified atom stereocenters. The number of fused-ring (bicyclic) bond motifs is 2. The van der Waals surface area contributed by atoms with Crippen LogP contribution in [0, 0.1) is 22.7 Å². The van der Waals surface area contributed by atoms with E-state index in [0.717, 1.165) is 31.5 Å². The fourth-order valence-electron chi connectivity index (χ4n) is 5.20. The number of nitrogens with zero attached hydrogens (tertiary/aromatic N) is 1. The molecule has 2 bridgehead atoms. The Morgan fingerprint density at radius 3 is 2.35 bits per heavy atom. The Balaban J connectivity index is 0.00000192. The Labute approximate surface area is 148 Å². The smallest absolute Gasteiger partial charge is 0.0900 e. The van der Waals surface area contributed by atoms with E-state index < -0.39 is 0 Å². The van der Waals surface area contributed by atoms with Crippen LogP contribution in [0.2, 0.25) is 0 Å². The lowest BCUT2D eigenvalue weighted by molar-refractivity contribution is -0.0802. The van der Waals surface area contributed by atoms with Crippen LogP contribution in [-0.4, -0.2) is 48.5 Å². The first-order chi connectivity index (χ1) is 10.3. The minimum Gasteiger partial charge on any atom is -0.389 e. The predicted octanol–water partition coefficient (Wildman–Crippen LogP) is 3.73. The van der Waals surface area contributed by atoms with Gasteiger partial charge in [-0.25, -0.2) is 0 Å². The summed E-state index contributed by atoms with van der Waals surface area (Å²) in [5, 5.41) is 10.3. The lowest BCUT2D eigenvalue weighted by Gasteiger charge is -2.39. The molecule has 3 fully saturated rings. The van der Waals surface area contributed by atoms with Gasteiger partial charge in [-0.1, -0.05) is 27.7 Å². The van der Waals surface area contributed by atoms with E-state index in [4.69, 9.17) is 4.74 Å². The summed E-state index contributed by atoms with van der Waals surface area (Å²) < 4.78 is 6.22. The maximum absolute atomic E-state index is 10.3. The molecule has 1 aliphatic heterocycles. The maximum Gasteiger partial charge on any atom is 0.0900 e. The molecule has 1 N–H and O–H groups in total. The average molecular weight is 346 g/mol. The van der Waals surface area contributed by atoms with E-state index >= 15 is 0 Å². The summed E-state index contributed by atoms with van der Waals surface area (Å²) in [6.45, 7) is 13.1. The monoisotopic (exact) mass is 345 g/mol. The zero-order valence-corrected chi connectivity index (χ0v) is 16.2. The third kappa shape index (κ3) is 3.58. The van der Waals surface area contributed by atoms with Gasteiger partial charge in [0.25, 0.3) is 0 Å². The number of aliphatic hydroxyl groups is 1. The van der Waals surface area contributed by atoms with Gasteiger partial charge in [-0.3, -0.25) is 0 Å². The molecule has 2 saturated carbocycles. The molecular formula is C19H36ClNO2. The van der Waals surface area contributed by atoms with Crippen molar-refractivity contribution in [1.29, 1.82) is 0 Å². The summed E-state index contributed by atoms with van der Waals surface area (Å²) in [5.41, 5.74) is 0.698. The fourth-order valence-corrected chi connectivity index (χ4v) is 5.20. The van der Waals surface area contributed by atoms with E-state index in [0.29, 0.717) is 23.5 Å². The molecule has 2 aliphatic carbocycles. The standard InChI is InChI=1S/C19H35NO2.ClH/c1-14-6-9-20(10-7-14)12-16(21)13-22-17-11-15-5-8-19(17,4)18(15,2)3;/h14-17,21H,5-13H2,1-4H3;1H. The third-order valence-corrected chi connectivity index (χ3v) is 7.55. The Kier molecular flexibility index (Phi) is 6.10. The molecule has 0 amide bonds. The Bertz CT molecular complexity index is 395. The topological polar surface area (TPSA) is 32.7 Å². The van der Waals surface area contributed by atoms with Crippen LogP contribution in [0.1, 0.15) is 59.8 Å². The van der Waals surface area contributed by atoms with Gasteiger partial charge in [-0.15, -0.1) is 12.4 Å². The summed E-state index contributed by atoms with van der Waals surface area (Å²) >= 11 is 0. The van der Waals surface area contributed by atoms with Gasteiger partial charge in [0.05, 0.1) is 18.8 Å². The van der Waals surface area contributed by atoms with Gasteiger partial charge < -0.3 is 14.7 Å². The van der Waals surface area contributed by atoms with Gasteiger partial charge >= 0.3 is 0 Å². The molecule has 4 heteroatoms. The normalized spacial score (nSPS) is 38.5. The molecule has 4 atom stereocenters. The van der Waals surface area contributed by atoms with Crippen molar-refractivity contribution < 1.29 is 9.84 Å². The molecule has 136 valence electrons. The number of ether oxygens (including phenoxy) is 1. The van der Waals surface area contributed by atoms with E-state index in [1.54, 1.807) is 0 Å². The van der Waals surface area contributed by atoms with Crippen LogP contribution in [-0.2, 0) is 4.74 Å². The molecule has 3 nitrogen and oxygen atoms in total. The van der Waals surface area contributed by atoms with E-state index in [1.165, 1.54) is 32.1 Å². The van der Waals surface area contributed by atoms with Gasteiger partial charge in [0.15, 0.2) is 0 Å². The molecule has 0 aromatic carbocycles. The highest BCUT2D eigenvalue weighted by atomic mass is 35.5. The summed E-state index contributed by atoms with van der Waals surface area (Å²) in [7, 11) is 0. The van der Waals surface area contributed by atoms with Crippen LogP contribution < -0.4 is 0 Å². The van der Waals surface area contributed by atoms with Crippen molar-refractivity contribution in [3.63, 3.8) is 0 Å². The maximum atomic E-state index is 10.3. The SMILES string of the molecule is CC1CCN(CC(O)COC2CC3CCC2(C)C3(C)C)CC1.Cl. The molecule has 1 saturated heterocycles. The Morgan fingerprint density at radius 2 is 1.83 bits per heavy atom. The zero-order chi connectivity index (χ0) is 16.0. The number of likely N-dealkylation sites (tertiary alicyclic amines) is 1. The second-order valence-electron chi connectivity index (χ2n) is 9.07. The molecule has 3 aliphatic rings. The molecule has 0 spiro atoms. The number of β-amino-alcohol motifs (C(OH)–C–C–N with tert-alkyl or cyclic N) is 1. The number of piperidine rings is 1. The zero-order valence-electron chi connectivity index (χ0n) is 15.4. The largest absolute Gasteiger partial charge is 0.389 e. The van der Waals surface area contributed by atoms with Crippen LogP contribution in [0.5, 0.6) is 0 Å². The summed E-state index contributed by atoms with van der Waals surface area (Å²) in [4.78, 5) is 2.40. The third-order valence-electron chi connectivity index (χ3n) is 7.55. The molecule has 0 aromatic rings.